The molecular formula is C22H23F6N. The first-order valence-corrected chi connectivity index (χ1v) is 9.55. The summed E-state index contributed by atoms with van der Waals surface area (Å²) >= 11 is 0. The molecule has 0 saturated carbocycles. The van der Waals surface area contributed by atoms with Crippen molar-refractivity contribution >= 4 is 0 Å². The van der Waals surface area contributed by atoms with Crippen LogP contribution in [0.3, 0.4) is 0 Å². The van der Waals surface area contributed by atoms with Crippen LogP contribution < -0.4 is 0 Å². The van der Waals surface area contributed by atoms with Crippen molar-refractivity contribution in [1.82, 2.24) is 4.90 Å². The topological polar surface area (TPSA) is 3.24 Å². The minimum absolute atomic E-state index is 0.263. The Morgan fingerprint density at radius 2 is 1.24 bits per heavy atom. The number of likely N-dealkylation sites (tertiary alicyclic amines) is 1. The van der Waals surface area contributed by atoms with Gasteiger partial charge >= 0.3 is 12.4 Å². The van der Waals surface area contributed by atoms with Gasteiger partial charge in [0.2, 0.25) is 0 Å². The zero-order valence-electron chi connectivity index (χ0n) is 16.1. The zero-order chi connectivity index (χ0) is 21.3. The highest BCUT2D eigenvalue weighted by Crippen LogP contribution is 2.35. The van der Waals surface area contributed by atoms with E-state index in [-0.39, 0.29) is 5.54 Å². The average molecular weight is 415 g/mol. The highest BCUT2D eigenvalue weighted by Gasteiger charge is 2.35. The molecule has 7 heteroatoms. The smallest absolute Gasteiger partial charge is 0.293 e. The van der Waals surface area contributed by atoms with Crippen LogP contribution in [0.4, 0.5) is 26.3 Å². The van der Waals surface area contributed by atoms with Gasteiger partial charge in [0, 0.05) is 12.1 Å². The summed E-state index contributed by atoms with van der Waals surface area (Å²) in [5.74, 6) is 0. The molecule has 0 unspecified atom stereocenters. The molecule has 158 valence electrons. The standard InChI is InChI=1S/C22H23F6N/c1-20(14-16-4-8-18(9-5-16)21(23,24)25)12-2-3-13-29(20)15-17-6-10-19(11-7-17)22(26,27)28/h4-11H,2-3,12-15H2,1H3/t20-/m1/s1. The maximum absolute atomic E-state index is 12.8. The molecule has 0 N–H and O–H groups in total. The van der Waals surface area contributed by atoms with E-state index in [1.807, 2.05) is 0 Å². The van der Waals surface area contributed by atoms with Gasteiger partial charge in [-0.25, -0.2) is 0 Å². The third kappa shape index (κ3) is 5.32. The molecule has 0 bridgehead atoms. The van der Waals surface area contributed by atoms with Crippen LogP contribution in [0.25, 0.3) is 0 Å². The molecular weight excluding hydrogens is 392 g/mol. The van der Waals surface area contributed by atoms with Gasteiger partial charge in [-0.3, -0.25) is 4.90 Å². The first kappa shape index (κ1) is 21.7. The average Bonchev–Trinajstić information content (AvgIpc) is 2.63. The van der Waals surface area contributed by atoms with Crippen molar-refractivity contribution in [3.63, 3.8) is 0 Å². The molecule has 1 nitrogen and oxygen atoms in total. The third-order valence-electron chi connectivity index (χ3n) is 5.68. The van der Waals surface area contributed by atoms with Crippen molar-refractivity contribution in [1.29, 1.82) is 0 Å². The van der Waals surface area contributed by atoms with Crippen molar-refractivity contribution < 1.29 is 26.3 Å². The minimum Gasteiger partial charge on any atom is -0.293 e. The van der Waals surface area contributed by atoms with Gasteiger partial charge in [-0.2, -0.15) is 26.3 Å². The molecule has 1 aliphatic heterocycles. The van der Waals surface area contributed by atoms with E-state index in [0.717, 1.165) is 61.2 Å². The molecule has 0 aromatic heterocycles. The van der Waals surface area contributed by atoms with Gasteiger partial charge in [-0.05, 0) is 68.1 Å². The van der Waals surface area contributed by atoms with Crippen LogP contribution in [0.1, 0.15) is 48.4 Å². The Hall–Kier alpha value is -2.02. The van der Waals surface area contributed by atoms with E-state index >= 15 is 0 Å². The van der Waals surface area contributed by atoms with Crippen molar-refractivity contribution in [2.45, 2.75) is 57.0 Å². The van der Waals surface area contributed by atoms with Crippen LogP contribution in [-0.4, -0.2) is 17.0 Å². The van der Waals surface area contributed by atoms with Crippen molar-refractivity contribution in [3.05, 3.63) is 70.8 Å². The molecule has 29 heavy (non-hydrogen) atoms. The van der Waals surface area contributed by atoms with Gasteiger partial charge in [-0.1, -0.05) is 30.7 Å². The second-order valence-corrected chi connectivity index (χ2v) is 7.94. The fourth-order valence-corrected chi connectivity index (χ4v) is 3.98. The summed E-state index contributed by atoms with van der Waals surface area (Å²) in [7, 11) is 0. The second-order valence-electron chi connectivity index (χ2n) is 7.94. The summed E-state index contributed by atoms with van der Waals surface area (Å²) in [5, 5.41) is 0. The van der Waals surface area contributed by atoms with Gasteiger partial charge in [0.05, 0.1) is 11.1 Å². The Morgan fingerprint density at radius 3 is 1.72 bits per heavy atom. The molecule has 1 heterocycles. The van der Waals surface area contributed by atoms with Crippen LogP contribution in [-0.2, 0) is 25.3 Å². The Kier molecular flexibility index (Phi) is 5.99. The van der Waals surface area contributed by atoms with E-state index in [9.17, 15) is 26.3 Å². The molecule has 1 fully saturated rings. The van der Waals surface area contributed by atoms with E-state index in [2.05, 4.69) is 11.8 Å². The molecule has 2 aromatic carbocycles. The molecule has 0 radical (unpaired) electrons. The summed E-state index contributed by atoms with van der Waals surface area (Å²) in [6.07, 6.45) is -5.24. The zero-order valence-corrected chi connectivity index (χ0v) is 16.1. The highest BCUT2D eigenvalue weighted by molar-refractivity contribution is 5.27. The molecule has 0 amide bonds. The monoisotopic (exact) mass is 415 g/mol. The summed E-state index contributed by atoms with van der Waals surface area (Å²) in [5.41, 5.74) is 0.00294. The third-order valence-corrected chi connectivity index (χ3v) is 5.68. The summed E-state index contributed by atoms with van der Waals surface area (Å²) < 4.78 is 76.6. The van der Waals surface area contributed by atoms with Gasteiger partial charge in [-0.15, -0.1) is 0 Å². The Balaban J connectivity index is 1.74. The van der Waals surface area contributed by atoms with Gasteiger partial charge in [0.1, 0.15) is 0 Å². The Morgan fingerprint density at radius 1 is 0.759 bits per heavy atom. The fraction of sp³-hybridized carbons (Fsp3) is 0.455. The predicted molar refractivity (Wildman–Crippen MR) is 99.3 cm³/mol. The van der Waals surface area contributed by atoms with E-state index in [4.69, 9.17) is 0 Å². The molecule has 3 rings (SSSR count). The second kappa shape index (κ2) is 8.01. The van der Waals surface area contributed by atoms with Crippen LogP contribution >= 0.6 is 0 Å². The number of hydrogen-bond donors (Lipinski definition) is 0. The first-order chi connectivity index (χ1) is 13.5. The quantitative estimate of drug-likeness (QED) is 0.502. The summed E-state index contributed by atoms with van der Waals surface area (Å²) in [4.78, 5) is 2.23. The molecule has 1 atom stereocenters. The minimum atomic E-state index is -4.36. The van der Waals surface area contributed by atoms with Gasteiger partial charge < -0.3 is 0 Å². The molecule has 0 aliphatic carbocycles. The number of hydrogen-bond acceptors (Lipinski definition) is 1. The maximum Gasteiger partial charge on any atom is 0.416 e. The fourth-order valence-electron chi connectivity index (χ4n) is 3.98. The van der Waals surface area contributed by atoms with E-state index in [1.165, 1.54) is 24.3 Å². The summed E-state index contributed by atoms with van der Waals surface area (Å²) in [6, 6.07) is 10.4. The lowest BCUT2D eigenvalue weighted by Gasteiger charge is -2.45. The van der Waals surface area contributed by atoms with Crippen molar-refractivity contribution in [3.8, 4) is 0 Å². The summed E-state index contributed by atoms with van der Waals surface area (Å²) in [6.45, 7) is 3.39. The lowest BCUT2D eigenvalue weighted by molar-refractivity contribution is -0.138. The van der Waals surface area contributed by atoms with Crippen LogP contribution in [0.5, 0.6) is 0 Å². The van der Waals surface area contributed by atoms with Gasteiger partial charge in [0.15, 0.2) is 0 Å². The molecule has 1 saturated heterocycles. The first-order valence-electron chi connectivity index (χ1n) is 9.55. The van der Waals surface area contributed by atoms with Crippen LogP contribution in [0.15, 0.2) is 48.5 Å². The molecule has 2 aromatic rings. The van der Waals surface area contributed by atoms with Gasteiger partial charge in [0.25, 0.3) is 0 Å². The number of piperidine rings is 1. The largest absolute Gasteiger partial charge is 0.416 e. The Labute approximate surface area is 166 Å². The SMILES string of the molecule is C[C@]1(Cc2ccc(C(F)(F)F)cc2)CCCCN1Cc1ccc(C(F)(F)F)cc1. The van der Waals surface area contributed by atoms with Crippen LogP contribution in [0.2, 0.25) is 0 Å². The molecule has 1 aliphatic rings. The van der Waals surface area contributed by atoms with E-state index in [1.54, 1.807) is 0 Å². The number of nitrogens with zero attached hydrogens (tertiary/aromatic N) is 1. The van der Waals surface area contributed by atoms with E-state index < -0.39 is 23.5 Å². The lowest BCUT2D eigenvalue weighted by Crippen LogP contribution is -2.50. The Bertz CT molecular complexity index is 807. The van der Waals surface area contributed by atoms with Crippen molar-refractivity contribution in [2.24, 2.45) is 0 Å². The lowest BCUT2D eigenvalue weighted by atomic mass is 9.82. The predicted octanol–water partition coefficient (Wildman–Crippen LogP) is 6.71. The highest BCUT2D eigenvalue weighted by atomic mass is 19.4. The number of rotatable bonds is 4. The maximum atomic E-state index is 12.8. The normalized spacial score (nSPS) is 21.3. The van der Waals surface area contributed by atoms with Crippen molar-refractivity contribution in [2.75, 3.05) is 6.54 Å². The molecule has 0 spiro atoms. The number of benzene rings is 2. The number of alkyl halides is 6. The number of halogens is 6. The van der Waals surface area contributed by atoms with Crippen LogP contribution in [0, 0.1) is 0 Å². The van der Waals surface area contributed by atoms with E-state index in [0.29, 0.717) is 13.0 Å².